The maximum Gasteiger partial charge on any atom is 0.257 e. The molecule has 198 valence electrons. The van der Waals surface area contributed by atoms with Gasteiger partial charge in [0.05, 0.1) is 24.9 Å². The number of nitrogens with one attached hydrogen (secondary N) is 1. The van der Waals surface area contributed by atoms with Gasteiger partial charge in [0.25, 0.3) is 11.8 Å². The summed E-state index contributed by atoms with van der Waals surface area (Å²) in [6.45, 7) is 1.49. The number of para-hydroxylation sites is 1. The van der Waals surface area contributed by atoms with Gasteiger partial charge in [-0.05, 0) is 24.3 Å². The summed E-state index contributed by atoms with van der Waals surface area (Å²) in [5, 5.41) is 11.5. The first-order valence-electron chi connectivity index (χ1n) is 12.5. The van der Waals surface area contributed by atoms with Crippen LogP contribution >= 0.6 is 0 Å². The molecule has 0 radical (unpaired) electrons. The van der Waals surface area contributed by atoms with Crippen molar-refractivity contribution in [3.8, 4) is 11.5 Å². The van der Waals surface area contributed by atoms with Crippen LogP contribution < -0.4 is 14.8 Å². The maximum absolute atomic E-state index is 13.2. The molecule has 2 aromatic carbocycles. The smallest absolute Gasteiger partial charge is 0.257 e. The number of likely N-dealkylation sites (N-methyl/N-ethyl adjacent to an activating group) is 1. The van der Waals surface area contributed by atoms with Crippen LogP contribution in [0.3, 0.4) is 0 Å². The molecule has 11 nitrogen and oxygen atoms in total. The molecule has 1 aromatic heterocycles. The van der Waals surface area contributed by atoms with Crippen molar-refractivity contribution in [3.63, 3.8) is 0 Å². The van der Waals surface area contributed by atoms with E-state index in [4.69, 9.17) is 9.47 Å². The Labute approximate surface area is 220 Å². The molecule has 11 heteroatoms. The molecule has 2 aliphatic heterocycles. The summed E-state index contributed by atoms with van der Waals surface area (Å²) < 4.78 is 13.2. The molecule has 0 aliphatic carbocycles. The monoisotopic (exact) mass is 518 g/mol. The number of hydrogen-bond acceptors (Lipinski definition) is 7. The first kappa shape index (κ1) is 25.2. The standard InChI is InChI=1S/C27H30N6O5/c1-31-12-11-28-24(34)13-19-14-32(26(35)18-7-4-3-5-8-18)16-22(19)33-15-20(29-30-33)17-38-25-21(27(31)36)9-6-10-23(25)37-2/h3-10,15,19,22H,11-14,16-17H2,1-2H3,(H,28,34)/t19-,22+/m0/s1. The van der Waals surface area contributed by atoms with Gasteiger partial charge in [0.15, 0.2) is 11.5 Å². The lowest BCUT2D eigenvalue weighted by Crippen LogP contribution is -2.37. The Morgan fingerprint density at radius 2 is 1.92 bits per heavy atom. The van der Waals surface area contributed by atoms with Crippen molar-refractivity contribution in [2.75, 3.05) is 40.3 Å². The largest absolute Gasteiger partial charge is 0.493 e. The van der Waals surface area contributed by atoms with Gasteiger partial charge in [0.1, 0.15) is 12.3 Å². The topological polar surface area (TPSA) is 119 Å². The zero-order valence-electron chi connectivity index (χ0n) is 21.4. The third kappa shape index (κ3) is 5.17. The number of nitrogens with zero attached hydrogens (tertiary/aromatic N) is 5. The number of carbonyl (C=O) groups excluding carboxylic acids is 3. The van der Waals surface area contributed by atoms with Gasteiger partial charge in [-0.3, -0.25) is 14.4 Å². The second kappa shape index (κ2) is 10.9. The SMILES string of the molecule is COc1cccc2c1OCc1cn(nn1)[C@@H]1CN(C(=O)c3ccccc3)C[C@@H]1CC(=O)NCCN(C)C2=O. The van der Waals surface area contributed by atoms with Gasteiger partial charge < -0.3 is 24.6 Å². The van der Waals surface area contributed by atoms with Crippen LogP contribution in [0.5, 0.6) is 11.5 Å². The maximum atomic E-state index is 13.2. The lowest BCUT2D eigenvalue weighted by Gasteiger charge is -2.21. The van der Waals surface area contributed by atoms with E-state index in [1.54, 1.807) is 53.2 Å². The van der Waals surface area contributed by atoms with Crippen molar-refractivity contribution in [1.82, 2.24) is 30.1 Å². The molecule has 2 aliphatic rings. The predicted molar refractivity (Wildman–Crippen MR) is 137 cm³/mol. The summed E-state index contributed by atoms with van der Waals surface area (Å²) in [5.74, 6) is 0.0959. The van der Waals surface area contributed by atoms with Crippen LogP contribution in [-0.4, -0.2) is 82.9 Å². The Kier molecular flexibility index (Phi) is 7.25. The summed E-state index contributed by atoms with van der Waals surface area (Å²) >= 11 is 0. The van der Waals surface area contributed by atoms with Crippen LogP contribution in [-0.2, 0) is 11.4 Å². The van der Waals surface area contributed by atoms with Crippen molar-refractivity contribution in [1.29, 1.82) is 0 Å². The first-order chi connectivity index (χ1) is 18.4. The Bertz CT molecular complexity index is 1330. The third-order valence-electron chi connectivity index (χ3n) is 6.97. The molecule has 1 saturated heterocycles. The zero-order valence-corrected chi connectivity index (χ0v) is 21.4. The summed E-state index contributed by atoms with van der Waals surface area (Å²) in [7, 11) is 3.19. The number of likely N-dealkylation sites (tertiary alicyclic amines) is 1. The molecule has 38 heavy (non-hydrogen) atoms. The number of aromatic nitrogens is 3. The van der Waals surface area contributed by atoms with Crippen LogP contribution in [0.2, 0.25) is 0 Å². The lowest BCUT2D eigenvalue weighted by atomic mass is 9.99. The summed E-state index contributed by atoms with van der Waals surface area (Å²) in [5.41, 5.74) is 1.50. The second-order valence-electron chi connectivity index (χ2n) is 9.50. The number of fused-ring (bicyclic) bond motifs is 5. The van der Waals surface area contributed by atoms with E-state index in [-0.39, 0.29) is 42.7 Å². The molecular formula is C27H30N6O5. The van der Waals surface area contributed by atoms with Crippen LogP contribution in [0.25, 0.3) is 0 Å². The van der Waals surface area contributed by atoms with Crippen LogP contribution in [0.1, 0.15) is 38.9 Å². The Balaban J connectivity index is 1.44. The van der Waals surface area contributed by atoms with Gasteiger partial charge in [-0.2, -0.15) is 0 Å². The Morgan fingerprint density at radius 1 is 1.11 bits per heavy atom. The molecule has 0 spiro atoms. The van der Waals surface area contributed by atoms with E-state index in [0.29, 0.717) is 54.5 Å². The van der Waals surface area contributed by atoms with E-state index in [1.165, 1.54) is 12.0 Å². The molecule has 3 aromatic rings. The average Bonchev–Trinajstić information content (AvgIpc) is 3.58. The highest BCUT2D eigenvalue weighted by Gasteiger charge is 2.38. The molecule has 2 bridgehead atoms. The van der Waals surface area contributed by atoms with E-state index in [0.717, 1.165) is 0 Å². The van der Waals surface area contributed by atoms with Gasteiger partial charge in [0.2, 0.25) is 5.91 Å². The minimum Gasteiger partial charge on any atom is -0.493 e. The number of carbonyl (C=O) groups is 3. The summed E-state index contributed by atoms with van der Waals surface area (Å²) in [4.78, 5) is 42.5. The molecule has 3 heterocycles. The average molecular weight is 519 g/mol. The fourth-order valence-corrected chi connectivity index (χ4v) is 4.95. The fourth-order valence-electron chi connectivity index (χ4n) is 4.95. The molecular weight excluding hydrogens is 488 g/mol. The number of amides is 3. The molecule has 0 unspecified atom stereocenters. The van der Waals surface area contributed by atoms with Crippen molar-refractivity contribution in [2.24, 2.45) is 5.92 Å². The number of methoxy groups -OCH3 is 1. The van der Waals surface area contributed by atoms with E-state index in [1.807, 2.05) is 18.2 Å². The normalized spacial score (nSPS) is 20.3. The van der Waals surface area contributed by atoms with E-state index in [2.05, 4.69) is 15.6 Å². The Morgan fingerprint density at radius 3 is 2.71 bits per heavy atom. The molecule has 0 saturated carbocycles. The summed E-state index contributed by atoms with van der Waals surface area (Å²) in [6, 6.07) is 14.0. The predicted octanol–water partition coefficient (Wildman–Crippen LogP) is 1.77. The number of benzene rings is 2. The van der Waals surface area contributed by atoms with Crippen LogP contribution in [0, 0.1) is 5.92 Å². The first-order valence-corrected chi connectivity index (χ1v) is 12.5. The van der Waals surface area contributed by atoms with E-state index < -0.39 is 0 Å². The zero-order chi connectivity index (χ0) is 26.6. The Hall–Kier alpha value is -4.41. The van der Waals surface area contributed by atoms with Gasteiger partial charge in [-0.15, -0.1) is 5.10 Å². The van der Waals surface area contributed by atoms with Crippen molar-refractivity contribution < 1.29 is 23.9 Å². The molecule has 5 rings (SSSR count). The lowest BCUT2D eigenvalue weighted by molar-refractivity contribution is -0.122. The molecule has 3 amide bonds. The number of hydrogen-bond donors (Lipinski definition) is 1. The molecule has 1 fully saturated rings. The number of rotatable bonds is 2. The quantitative estimate of drug-likeness (QED) is 0.549. The van der Waals surface area contributed by atoms with Gasteiger partial charge >= 0.3 is 0 Å². The van der Waals surface area contributed by atoms with E-state index >= 15 is 0 Å². The molecule has 2 atom stereocenters. The van der Waals surface area contributed by atoms with Crippen molar-refractivity contribution in [3.05, 3.63) is 71.5 Å². The van der Waals surface area contributed by atoms with Crippen molar-refractivity contribution >= 4 is 17.7 Å². The summed E-state index contributed by atoms with van der Waals surface area (Å²) in [6.07, 6.45) is 1.98. The highest BCUT2D eigenvalue weighted by molar-refractivity contribution is 5.97. The van der Waals surface area contributed by atoms with Gasteiger partial charge in [-0.25, -0.2) is 4.68 Å². The second-order valence-corrected chi connectivity index (χ2v) is 9.50. The van der Waals surface area contributed by atoms with Crippen molar-refractivity contribution in [2.45, 2.75) is 19.1 Å². The number of ether oxygens (including phenoxy) is 2. The fraction of sp³-hybridized carbons (Fsp3) is 0.370. The minimum absolute atomic E-state index is 0.0644. The highest BCUT2D eigenvalue weighted by atomic mass is 16.5. The van der Waals surface area contributed by atoms with Gasteiger partial charge in [-0.1, -0.05) is 29.5 Å². The highest BCUT2D eigenvalue weighted by Crippen LogP contribution is 2.34. The van der Waals surface area contributed by atoms with Crippen LogP contribution in [0.15, 0.2) is 54.7 Å². The van der Waals surface area contributed by atoms with Crippen LogP contribution in [0.4, 0.5) is 0 Å². The van der Waals surface area contributed by atoms with Gasteiger partial charge in [0, 0.05) is 51.1 Å². The third-order valence-corrected chi connectivity index (χ3v) is 6.97. The molecule has 1 N–H and O–H groups in total. The van der Waals surface area contributed by atoms with E-state index in [9.17, 15) is 14.4 Å². The minimum atomic E-state index is -0.255.